The number of anilines is 1. The molecule has 0 aliphatic heterocycles. The molecule has 6 nitrogen and oxygen atoms in total. The monoisotopic (exact) mass is 352 g/mol. The van der Waals surface area contributed by atoms with Crippen LogP contribution in [0.2, 0.25) is 0 Å². The summed E-state index contributed by atoms with van der Waals surface area (Å²) in [5, 5.41) is 2.90. The van der Waals surface area contributed by atoms with Gasteiger partial charge in [0.15, 0.2) is 0 Å². The standard InChI is InChI=1S/C19H32N2O4/c1-6-8-9-10-19(4,23-5)18(22)21-16-13-15(3)17(20-14-16)25-12-11-24-7-2/h13-14H,6-12H2,1-5H3,(H,21,22)/t19-/m0/s1. The van der Waals surface area contributed by atoms with E-state index in [-0.39, 0.29) is 5.91 Å². The van der Waals surface area contributed by atoms with E-state index in [0.717, 1.165) is 24.8 Å². The van der Waals surface area contributed by atoms with E-state index in [9.17, 15) is 4.79 Å². The van der Waals surface area contributed by atoms with Gasteiger partial charge in [-0.2, -0.15) is 0 Å². The van der Waals surface area contributed by atoms with Gasteiger partial charge in [-0.3, -0.25) is 4.79 Å². The Kier molecular flexibility index (Phi) is 9.45. The Labute approximate surface area is 151 Å². The molecule has 0 radical (unpaired) electrons. The largest absolute Gasteiger partial charge is 0.475 e. The van der Waals surface area contributed by atoms with Crippen LogP contribution in [0, 0.1) is 6.92 Å². The van der Waals surface area contributed by atoms with Gasteiger partial charge < -0.3 is 19.5 Å². The number of nitrogens with one attached hydrogen (secondary N) is 1. The third-order valence-corrected chi connectivity index (χ3v) is 4.15. The molecule has 1 atom stereocenters. The zero-order valence-corrected chi connectivity index (χ0v) is 16.2. The van der Waals surface area contributed by atoms with Crippen LogP contribution in [0.25, 0.3) is 0 Å². The lowest BCUT2D eigenvalue weighted by atomic mass is 9.97. The van der Waals surface area contributed by atoms with Crippen LogP contribution in [0.1, 0.15) is 52.0 Å². The van der Waals surface area contributed by atoms with Crippen LogP contribution in [0.4, 0.5) is 5.69 Å². The van der Waals surface area contributed by atoms with Crippen molar-refractivity contribution >= 4 is 11.6 Å². The Bertz CT molecular complexity index is 536. The van der Waals surface area contributed by atoms with E-state index >= 15 is 0 Å². The zero-order chi connectivity index (χ0) is 18.7. The maximum Gasteiger partial charge on any atom is 0.256 e. The molecule has 0 aliphatic carbocycles. The quantitative estimate of drug-likeness (QED) is 0.581. The minimum absolute atomic E-state index is 0.155. The fourth-order valence-corrected chi connectivity index (χ4v) is 2.41. The van der Waals surface area contributed by atoms with E-state index < -0.39 is 5.60 Å². The molecule has 0 aromatic carbocycles. The minimum Gasteiger partial charge on any atom is -0.475 e. The molecule has 1 aromatic heterocycles. The molecule has 0 saturated carbocycles. The topological polar surface area (TPSA) is 69.7 Å². The third kappa shape index (κ3) is 7.00. The van der Waals surface area contributed by atoms with Gasteiger partial charge in [0.05, 0.1) is 18.5 Å². The summed E-state index contributed by atoms with van der Waals surface area (Å²) in [6.45, 7) is 9.44. The summed E-state index contributed by atoms with van der Waals surface area (Å²) < 4.78 is 16.3. The summed E-state index contributed by atoms with van der Waals surface area (Å²) in [5.41, 5.74) is 0.660. The molecule has 0 saturated heterocycles. The van der Waals surface area contributed by atoms with Crippen LogP contribution in [-0.2, 0) is 14.3 Å². The molecular formula is C19H32N2O4. The highest BCUT2D eigenvalue weighted by Crippen LogP contribution is 2.23. The zero-order valence-electron chi connectivity index (χ0n) is 16.2. The van der Waals surface area contributed by atoms with Gasteiger partial charge in [0.25, 0.3) is 5.91 Å². The number of hydrogen-bond donors (Lipinski definition) is 1. The molecule has 0 unspecified atom stereocenters. The highest BCUT2D eigenvalue weighted by Gasteiger charge is 2.32. The number of aryl methyl sites for hydroxylation is 1. The second-order valence-electron chi connectivity index (χ2n) is 6.24. The van der Waals surface area contributed by atoms with Crippen LogP contribution in [0.15, 0.2) is 12.3 Å². The Morgan fingerprint density at radius 2 is 2.04 bits per heavy atom. The average molecular weight is 352 g/mol. The van der Waals surface area contributed by atoms with Crippen molar-refractivity contribution < 1.29 is 19.0 Å². The van der Waals surface area contributed by atoms with E-state index in [1.54, 1.807) is 13.3 Å². The number of carbonyl (C=O) groups is 1. The Balaban J connectivity index is 2.65. The molecule has 1 N–H and O–H groups in total. The van der Waals surface area contributed by atoms with Crippen molar-refractivity contribution in [3.8, 4) is 5.88 Å². The smallest absolute Gasteiger partial charge is 0.256 e. The lowest BCUT2D eigenvalue weighted by Gasteiger charge is -2.27. The molecule has 6 heteroatoms. The highest BCUT2D eigenvalue weighted by atomic mass is 16.5. The van der Waals surface area contributed by atoms with Gasteiger partial charge in [0, 0.05) is 19.3 Å². The van der Waals surface area contributed by atoms with Crippen molar-refractivity contribution in [1.82, 2.24) is 4.98 Å². The molecule has 142 valence electrons. The van der Waals surface area contributed by atoms with Crippen molar-refractivity contribution in [3.63, 3.8) is 0 Å². The van der Waals surface area contributed by atoms with Crippen molar-refractivity contribution in [3.05, 3.63) is 17.8 Å². The summed E-state index contributed by atoms with van der Waals surface area (Å²) in [4.78, 5) is 16.9. The normalized spacial score (nSPS) is 13.3. The van der Waals surface area contributed by atoms with Crippen LogP contribution in [-0.4, -0.2) is 43.4 Å². The van der Waals surface area contributed by atoms with E-state index in [1.165, 1.54) is 0 Å². The predicted molar refractivity (Wildman–Crippen MR) is 99.1 cm³/mol. The first-order chi connectivity index (χ1) is 12.0. The van der Waals surface area contributed by atoms with E-state index in [2.05, 4.69) is 17.2 Å². The number of unbranched alkanes of at least 4 members (excludes halogenated alkanes) is 2. The molecular weight excluding hydrogens is 320 g/mol. The number of ether oxygens (including phenoxy) is 3. The second kappa shape index (κ2) is 11.1. The van der Waals surface area contributed by atoms with Crippen LogP contribution in [0.5, 0.6) is 5.88 Å². The first kappa shape index (κ1) is 21.4. The molecule has 25 heavy (non-hydrogen) atoms. The SMILES string of the molecule is CCCCC[C@](C)(OC)C(=O)Nc1cnc(OCCOCC)c(C)c1. The van der Waals surface area contributed by atoms with Crippen LogP contribution < -0.4 is 10.1 Å². The number of hydrogen-bond acceptors (Lipinski definition) is 5. The molecule has 1 heterocycles. The maximum atomic E-state index is 12.6. The van der Waals surface area contributed by atoms with Crippen molar-refractivity contribution in [2.75, 3.05) is 32.2 Å². The van der Waals surface area contributed by atoms with Gasteiger partial charge in [-0.15, -0.1) is 0 Å². The number of carbonyl (C=O) groups excluding carboxylic acids is 1. The number of rotatable bonds is 12. The first-order valence-corrected chi connectivity index (χ1v) is 9.00. The van der Waals surface area contributed by atoms with Gasteiger partial charge in [0.2, 0.25) is 5.88 Å². The minimum atomic E-state index is -0.838. The Morgan fingerprint density at radius 3 is 2.64 bits per heavy atom. The van der Waals surface area contributed by atoms with Crippen LogP contribution >= 0.6 is 0 Å². The Hall–Kier alpha value is -1.66. The lowest BCUT2D eigenvalue weighted by Crippen LogP contribution is -2.42. The van der Waals surface area contributed by atoms with Gasteiger partial charge in [-0.1, -0.05) is 26.2 Å². The Morgan fingerprint density at radius 1 is 1.28 bits per heavy atom. The van der Waals surface area contributed by atoms with Gasteiger partial charge >= 0.3 is 0 Å². The molecule has 1 amide bonds. The van der Waals surface area contributed by atoms with Crippen LogP contribution in [0.3, 0.4) is 0 Å². The molecule has 0 aliphatic rings. The predicted octanol–water partition coefficient (Wildman–Crippen LogP) is 3.73. The van der Waals surface area contributed by atoms with E-state index in [1.807, 2.05) is 26.8 Å². The summed E-state index contributed by atoms with van der Waals surface area (Å²) in [6.07, 6.45) is 5.44. The van der Waals surface area contributed by atoms with Crippen molar-refractivity contribution in [1.29, 1.82) is 0 Å². The fraction of sp³-hybridized carbons (Fsp3) is 0.684. The number of pyridine rings is 1. The number of amides is 1. The number of aromatic nitrogens is 1. The summed E-state index contributed by atoms with van der Waals surface area (Å²) in [6, 6.07) is 1.85. The molecule has 0 spiro atoms. The molecule has 1 rings (SSSR count). The summed E-state index contributed by atoms with van der Waals surface area (Å²) in [5.74, 6) is 0.396. The highest BCUT2D eigenvalue weighted by molar-refractivity contribution is 5.97. The summed E-state index contributed by atoms with van der Waals surface area (Å²) >= 11 is 0. The van der Waals surface area contributed by atoms with Gasteiger partial charge in [-0.25, -0.2) is 4.98 Å². The van der Waals surface area contributed by atoms with Gasteiger partial charge in [0.1, 0.15) is 12.2 Å². The van der Waals surface area contributed by atoms with Gasteiger partial charge in [-0.05, 0) is 33.3 Å². The maximum absolute atomic E-state index is 12.6. The van der Waals surface area contributed by atoms with E-state index in [4.69, 9.17) is 14.2 Å². The summed E-state index contributed by atoms with van der Waals surface area (Å²) in [7, 11) is 1.57. The molecule has 0 fully saturated rings. The van der Waals surface area contributed by atoms with E-state index in [0.29, 0.717) is 37.8 Å². The molecule has 0 bridgehead atoms. The lowest BCUT2D eigenvalue weighted by molar-refractivity contribution is -0.136. The fourth-order valence-electron chi connectivity index (χ4n) is 2.41. The second-order valence-corrected chi connectivity index (χ2v) is 6.24. The van der Waals surface area contributed by atoms with Crippen molar-refractivity contribution in [2.45, 2.75) is 59.0 Å². The number of nitrogens with zero attached hydrogens (tertiary/aromatic N) is 1. The molecule has 1 aromatic rings. The number of methoxy groups -OCH3 is 1. The third-order valence-electron chi connectivity index (χ3n) is 4.15. The first-order valence-electron chi connectivity index (χ1n) is 9.00. The van der Waals surface area contributed by atoms with Crippen molar-refractivity contribution in [2.24, 2.45) is 0 Å². The average Bonchev–Trinajstić information content (AvgIpc) is 2.60.